The number of nitrogen functional groups attached to an aromatic ring is 1. The number of carboxylic acid groups (broad SMARTS) is 1. The molecule has 120 valence electrons. The molecule has 0 atom stereocenters. The number of ether oxygens (including phenoxy) is 1. The van der Waals surface area contributed by atoms with Gasteiger partial charge in [-0.05, 0) is 23.8 Å². The minimum Gasteiger partial charge on any atom is -0.478 e. The summed E-state index contributed by atoms with van der Waals surface area (Å²) in [5.41, 5.74) is 9.24. The Labute approximate surface area is 137 Å². The summed E-state index contributed by atoms with van der Waals surface area (Å²) >= 11 is 0. The summed E-state index contributed by atoms with van der Waals surface area (Å²) in [6.07, 6.45) is 4.85. The minimum atomic E-state index is -0.965. The first-order valence-corrected chi connectivity index (χ1v) is 7.04. The third-order valence-corrected chi connectivity index (χ3v) is 3.51. The first-order chi connectivity index (χ1) is 11.6. The maximum atomic E-state index is 10.9. The molecular weight excluding hydrogens is 308 g/mol. The van der Waals surface area contributed by atoms with Gasteiger partial charge in [0.05, 0.1) is 12.7 Å². The SMILES string of the molecule is COc1ncc(-c2cc(-c3ccc(C(=O)O)cc3)cnc2N)cn1. The van der Waals surface area contributed by atoms with Crippen LogP contribution in [0, 0.1) is 0 Å². The largest absolute Gasteiger partial charge is 0.478 e. The molecule has 0 amide bonds. The second-order valence-electron chi connectivity index (χ2n) is 5.00. The molecule has 7 heteroatoms. The second-order valence-corrected chi connectivity index (χ2v) is 5.00. The van der Waals surface area contributed by atoms with Crippen molar-refractivity contribution < 1.29 is 14.6 Å². The standard InChI is InChI=1S/C17H14N4O3/c1-24-17-20-8-13(9-21-17)14-6-12(7-19-15(14)18)10-2-4-11(5-3-10)16(22)23/h2-9H,1H3,(H2,18,19)(H,22,23). The average molecular weight is 322 g/mol. The van der Waals surface area contributed by atoms with Gasteiger partial charge in [0, 0.05) is 35.3 Å². The van der Waals surface area contributed by atoms with Crippen LogP contribution in [-0.4, -0.2) is 33.1 Å². The first kappa shape index (κ1) is 15.4. The van der Waals surface area contributed by atoms with Crippen molar-refractivity contribution >= 4 is 11.8 Å². The molecule has 0 unspecified atom stereocenters. The number of aromatic nitrogens is 3. The van der Waals surface area contributed by atoms with E-state index < -0.39 is 5.97 Å². The lowest BCUT2D eigenvalue weighted by Crippen LogP contribution is -1.98. The Balaban J connectivity index is 2.00. The van der Waals surface area contributed by atoms with Crippen LogP contribution in [0.2, 0.25) is 0 Å². The van der Waals surface area contributed by atoms with Gasteiger partial charge >= 0.3 is 12.0 Å². The van der Waals surface area contributed by atoms with E-state index in [4.69, 9.17) is 15.6 Å². The van der Waals surface area contributed by atoms with Crippen LogP contribution in [0.25, 0.3) is 22.3 Å². The van der Waals surface area contributed by atoms with E-state index in [1.54, 1.807) is 42.9 Å². The van der Waals surface area contributed by atoms with E-state index in [9.17, 15) is 4.79 Å². The Kier molecular flexibility index (Phi) is 4.07. The summed E-state index contributed by atoms with van der Waals surface area (Å²) in [5, 5.41) is 8.97. The number of pyridine rings is 1. The predicted octanol–water partition coefficient (Wildman–Crippen LogP) is 2.49. The summed E-state index contributed by atoms with van der Waals surface area (Å²) in [7, 11) is 1.49. The lowest BCUT2D eigenvalue weighted by molar-refractivity contribution is 0.0697. The fraction of sp³-hybridized carbons (Fsp3) is 0.0588. The predicted molar refractivity (Wildman–Crippen MR) is 88.6 cm³/mol. The van der Waals surface area contributed by atoms with Crippen LogP contribution in [0.15, 0.2) is 48.9 Å². The maximum Gasteiger partial charge on any atom is 0.335 e. The number of hydrogen-bond acceptors (Lipinski definition) is 6. The zero-order chi connectivity index (χ0) is 17.1. The number of methoxy groups -OCH3 is 1. The van der Waals surface area contributed by atoms with Gasteiger partial charge < -0.3 is 15.6 Å². The number of nitrogens with two attached hydrogens (primary N) is 1. The highest BCUT2D eigenvalue weighted by molar-refractivity contribution is 5.88. The van der Waals surface area contributed by atoms with Crippen molar-refractivity contribution in [2.75, 3.05) is 12.8 Å². The highest BCUT2D eigenvalue weighted by atomic mass is 16.5. The van der Waals surface area contributed by atoms with Gasteiger partial charge in [-0.3, -0.25) is 0 Å². The summed E-state index contributed by atoms with van der Waals surface area (Å²) in [4.78, 5) is 23.3. The van der Waals surface area contributed by atoms with E-state index in [-0.39, 0.29) is 11.6 Å². The molecule has 0 saturated carbocycles. The summed E-state index contributed by atoms with van der Waals surface area (Å²) in [5.74, 6) is -0.609. The van der Waals surface area contributed by atoms with Crippen molar-refractivity contribution in [2.24, 2.45) is 0 Å². The van der Waals surface area contributed by atoms with Crippen molar-refractivity contribution in [3.63, 3.8) is 0 Å². The van der Waals surface area contributed by atoms with Crippen molar-refractivity contribution in [3.8, 4) is 28.3 Å². The van der Waals surface area contributed by atoms with Gasteiger partial charge in [-0.1, -0.05) is 12.1 Å². The molecule has 0 fully saturated rings. The molecule has 0 radical (unpaired) electrons. The van der Waals surface area contributed by atoms with E-state index in [0.717, 1.165) is 11.1 Å². The molecule has 0 saturated heterocycles. The number of benzene rings is 1. The fourth-order valence-electron chi connectivity index (χ4n) is 2.23. The number of hydrogen-bond donors (Lipinski definition) is 2. The molecule has 0 bridgehead atoms. The van der Waals surface area contributed by atoms with Crippen LogP contribution in [0.1, 0.15) is 10.4 Å². The molecule has 7 nitrogen and oxygen atoms in total. The average Bonchev–Trinajstić information content (AvgIpc) is 2.62. The van der Waals surface area contributed by atoms with Gasteiger partial charge in [-0.25, -0.2) is 19.7 Å². The van der Waals surface area contributed by atoms with Gasteiger partial charge in [-0.2, -0.15) is 0 Å². The third-order valence-electron chi connectivity index (χ3n) is 3.51. The van der Waals surface area contributed by atoms with Crippen LogP contribution < -0.4 is 10.5 Å². The Bertz CT molecular complexity index is 877. The molecule has 0 aliphatic carbocycles. The number of aromatic carboxylic acids is 1. The lowest BCUT2D eigenvalue weighted by Gasteiger charge is -2.08. The van der Waals surface area contributed by atoms with Crippen molar-refractivity contribution in [2.45, 2.75) is 0 Å². The highest BCUT2D eigenvalue weighted by Crippen LogP contribution is 2.29. The number of rotatable bonds is 4. The zero-order valence-electron chi connectivity index (χ0n) is 12.8. The molecule has 2 aromatic heterocycles. The molecule has 3 aromatic rings. The van der Waals surface area contributed by atoms with Gasteiger partial charge in [0.25, 0.3) is 0 Å². The third kappa shape index (κ3) is 3.00. The highest BCUT2D eigenvalue weighted by Gasteiger charge is 2.09. The number of anilines is 1. The van der Waals surface area contributed by atoms with Crippen LogP contribution >= 0.6 is 0 Å². The molecule has 3 N–H and O–H groups in total. The van der Waals surface area contributed by atoms with E-state index in [2.05, 4.69) is 15.0 Å². The van der Waals surface area contributed by atoms with Gasteiger partial charge in [0.1, 0.15) is 5.82 Å². The molecule has 2 heterocycles. The van der Waals surface area contributed by atoms with Gasteiger partial charge in [-0.15, -0.1) is 0 Å². The number of nitrogens with zero attached hydrogens (tertiary/aromatic N) is 3. The summed E-state index contributed by atoms with van der Waals surface area (Å²) < 4.78 is 4.94. The smallest absolute Gasteiger partial charge is 0.335 e. The van der Waals surface area contributed by atoms with Crippen molar-refractivity contribution in [1.82, 2.24) is 15.0 Å². The molecule has 1 aromatic carbocycles. The van der Waals surface area contributed by atoms with Gasteiger partial charge in [0.2, 0.25) is 0 Å². The maximum absolute atomic E-state index is 10.9. The summed E-state index contributed by atoms with van der Waals surface area (Å²) in [6.45, 7) is 0. The minimum absolute atomic E-state index is 0.228. The quantitative estimate of drug-likeness (QED) is 0.759. The summed E-state index contributed by atoms with van der Waals surface area (Å²) in [6, 6.07) is 8.68. The van der Waals surface area contributed by atoms with E-state index in [0.29, 0.717) is 16.9 Å². The van der Waals surface area contributed by atoms with Crippen LogP contribution in [0.3, 0.4) is 0 Å². The second kappa shape index (κ2) is 6.33. The van der Waals surface area contributed by atoms with Crippen LogP contribution in [-0.2, 0) is 0 Å². The van der Waals surface area contributed by atoms with E-state index in [1.807, 2.05) is 6.07 Å². The normalized spacial score (nSPS) is 10.4. The topological polar surface area (TPSA) is 111 Å². The number of carboxylic acids is 1. The Morgan fingerprint density at radius 1 is 1.00 bits per heavy atom. The Hall–Kier alpha value is -3.48. The molecule has 0 aliphatic heterocycles. The molecular formula is C17H14N4O3. The lowest BCUT2D eigenvalue weighted by atomic mass is 10.0. The monoisotopic (exact) mass is 322 g/mol. The molecule has 0 spiro atoms. The van der Waals surface area contributed by atoms with Gasteiger partial charge in [0.15, 0.2) is 0 Å². The Morgan fingerprint density at radius 2 is 1.62 bits per heavy atom. The van der Waals surface area contributed by atoms with E-state index in [1.165, 1.54) is 7.11 Å². The Morgan fingerprint density at radius 3 is 2.21 bits per heavy atom. The first-order valence-electron chi connectivity index (χ1n) is 7.04. The van der Waals surface area contributed by atoms with Crippen LogP contribution in [0.5, 0.6) is 6.01 Å². The van der Waals surface area contributed by atoms with Crippen molar-refractivity contribution in [1.29, 1.82) is 0 Å². The number of carbonyl (C=O) groups is 1. The fourth-order valence-corrected chi connectivity index (χ4v) is 2.23. The molecule has 0 aliphatic rings. The van der Waals surface area contributed by atoms with E-state index >= 15 is 0 Å². The zero-order valence-corrected chi connectivity index (χ0v) is 12.8. The van der Waals surface area contributed by atoms with Crippen LogP contribution in [0.4, 0.5) is 5.82 Å². The molecule has 24 heavy (non-hydrogen) atoms. The van der Waals surface area contributed by atoms with Crippen molar-refractivity contribution in [3.05, 3.63) is 54.5 Å². The molecule has 3 rings (SSSR count).